The Hall–Kier alpha value is -0.830. The van der Waals surface area contributed by atoms with Gasteiger partial charge in [-0.05, 0) is 19.9 Å². The van der Waals surface area contributed by atoms with Gasteiger partial charge >= 0.3 is 0 Å². The molecule has 0 spiro atoms. The van der Waals surface area contributed by atoms with Gasteiger partial charge in [0.25, 0.3) is 0 Å². The van der Waals surface area contributed by atoms with Crippen molar-refractivity contribution in [2.45, 2.75) is 26.1 Å². The van der Waals surface area contributed by atoms with E-state index < -0.39 is 6.23 Å². The molecular formula is C7H12N2O. The Morgan fingerprint density at radius 1 is 1.60 bits per heavy atom. The molecule has 0 aromatic rings. The summed E-state index contributed by atoms with van der Waals surface area (Å²) in [5.74, 6) is 0. The lowest BCUT2D eigenvalue weighted by molar-refractivity contribution is 0.0785. The zero-order chi connectivity index (χ0) is 7.56. The van der Waals surface area contributed by atoms with Gasteiger partial charge in [-0.2, -0.15) is 0 Å². The Kier molecular flexibility index (Phi) is 2.06. The molecule has 1 aliphatic rings. The molecule has 1 atom stereocenters. The van der Waals surface area contributed by atoms with Crippen LogP contribution in [0.5, 0.6) is 0 Å². The summed E-state index contributed by atoms with van der Waals surface area (Å²) in [6, 6.07) is 0.295. The van der Waals surface area contributed by atoms with E-state index in [-0.39, 0.29) is 0 Å². The summed E-state index contributed by atoms with van der Waals surface area (Å²) < 4.78 is 0. The van der Waals surface area contributed by atoms with Gasteiger partial charge in [-0.3, -0.25) is 0 Å². The Balaban J connectivity index is 2.61. The lowest BCUT2D eigenvalue weighted by Gasteiger charge is -2.28. The van der Waals surface area contributed by atoms with Crippen LogP contribution in [0.1, 0.15) is 13.8 Å². The van der Waals surface area contributed by atoms with Crippen LogP contribution in [-0.2, 0) is 0 Å². The van der Waals surface area contributed by atoms with Crippen molar-refractivity contribution in [1.82, 2.24) is 4.90 Å². The fourth-order valence-electron chi connectivity index (χ4n) is 0.849. The summed E-state index contributed by atoms with van der Waals surface area (Å²) in [5.41, 5.74) is 0. The van der Waals surface area contributed by atoms with Crippen molar-refractivity contribution in [2.24, 2.45) is 4.99 Å². The molecule has 0 saturated heterocycles. The number of hydrogen-bond acceptors (Lipinski definition) is 3. The molecule has 0 aromatic carbocycles. The fourth-order valence-corrected chi connectivity index (χ4v) is 0.849. The van der Waals surface area contributed by atoms with E-state index >= 15 is 0 Å². The molecule has 0 bridgehead atoms. The van der Waals surface area contributed by atoms with Crippen LogP contribution in [0.4, 0.5) is 0 Å². The molecule has 56 valence electrons. The molecular weight excluding hydrogens is 128 g/mol. The standard InChI is InChI=1S/C7H12N2O/c1-6(2)9-5-8-4-3-7(9)10/h3-7,10H,1-2H3. The van der Waals surface area contributed by atoms with E-state index in [1.165, 1.54) is 0 Å². The summed E-state index contributed by atoms with van der Waals surface area (Å²) >= 11 is 0. The molecule has 0 fully saturated rings. The summed E-state index contributed by atoms with van der Waals surface area (Å²) in [5, 5.41) is 9.29. The predicted molar refractivity (Wildman–Crippen MR) is 40.6 cm³/mol. The minimum Gasteiger partial charge on any atom is -0.370 e. The monoisotopic (exact) mass is 140 g/mol. The van der Waals surface area contributed by atoms with Crippen molar-refractivity contribution in [3.63, 3.8) is 0 Å². The topological polar surface area (TPSA) is 35.8 Å². The maximum absolute atomic E-state index is 9.29. The molecule has 1 aliphatic heterocycles. The average molecular weight is 140 g/mol. The number of hydrogen-bond donors (Lipinski definition) is 1. The van der Waals surface area contributed by atoms with Crippen molar-refractivity contribution < 1.29 is 5.11 Å². The van der Waals surface area contributed by atoms with Gasteiger partial charge in [-0.15, -0.1) is 0 Å². The summed E-state index contributed by atoms with van der Waals surface area (Å²) in [4.78, 5) is 5.67. The minimum absolute atomic E-state index is 0.295. The van der Waals surface area contributed by atoms with Crippen LogP contribution in [0, 0.1) is 0 Å². The van der Waals surface area contributed by atoms with Gasteiger partial charge in [-0.1, -0.05) is 0 Å². The second-order valence-corrected chi connectivity index (χ2v) is 2.56. The molecule has 0 radical (unpaired) electrons. The highest BCUT2D eigenvalue weighted by Crippen LogP contribution is 2.05. The third-order valence-corrected chi connectivity index (χ3v) is 1.45. The highest BCUT2D eigenvalue weighted by atomic mass is 16.3. The van der Waals surface area contributed by atoms with Crippen LogP contribution >= 0.6 is 0 Å². The zero-order valence-electron chi connectivity index (χ0n) is 6.23. The van der Waals surface area contributed by atoms with Crippen LogP contribution in [0.15, 0.2) is 17.3 Å². The van der Waals surface area contributed by atoms with E-state index in [9.17, 15) is 5.11 Å². The first-order valence-corrected chi connectivity index (χ1v) is 3.37. The third-order valence-electron chi connectivity index (χ3n) is 1.45. The molecule has 10 heavy (non-hydrogen) atoms. The Morgan fingerprint density at radius 2 is 2.30 bits per heavy atom. The molecule has 1 heterocycles. The van der Waals surface area contributed by atoms with Crippen molar-refractivity contribution in [3.05, 3.63) is 12.3 Å². The maximum atomic E-state index is 9.29. The first-order valence-electron chi connectivity index (χ1n) is 3.37. The lowest BCUT2D eigenvalue weighted by atomic mass is 10.3. The van der Waals surface area contributed by atoms with Gasteiger partial charge in [0, 0.05) is 12.2 Å². The van der Waals surface area contributed by atoms with Crippen molar-refractivity contribution in [3.8, 4) is 0 Å². The van der Waals surface area contributed by atoms with Gasteiger partial charge in [0.2, 0.25) is 0 Å². The first kappa shape index (κ1) is 7.28. The summed E-state index contributed by atoms with van der Waals surface area (Å²) in [6.45, 7) is 4.02. The van der Waals surface area contributed by atoms with Crippen molar-refractivity contribution >= 4 is 6.34 Å². The molecule has 1 unspecified atom stereocenters. The largest absolute Gasteiger partial charge is 0.370 e. The number of nitrogens with zero attached hydrogens (tertiary/aromatic N) is 2. The van der Waals surface area contributed by atoms with E-state index in [0.717, 1.165) is 0 Å². The fraction of sp³-hybridized carbons (Fsp3) is 0.571. The molecule has 0 aromatic heterocycles. The highest BCUT2D eigenvalue weighted by Gasteiger charge is 2.13. The summed E-state index contributed by atoms with van der Waals surface area (Å²) in [7, 11) is 0. The van der Waals surface area contributed by atoms with Gasteiger partial charge in [0.05, 0.1) is 6.34 Å². The molecule has 1 N–H and O–H groups in total. The van der Waals surface area contributed by atoms with E-state index in [4.69, 9.17) is 0 Å². The second-order valence-electron chi connectivity index (χ2n) is 2.56. The molecule has 3 nitrogen and oxygen atoms in total. The average Bonchev–Trinajstić information content (AvgIpc) is 1.88. The van der Waals surface area contributed by atoms with Crippen LogP contribution < -0.4 is 0 Å². The number of aliphatic hydroxyl groups excluding tert-OH is 1. The van der Waals surface area contributed by atoms with Gasteiger partial charge in [0.1, 0.15) is 6.23 Å². The van der Waals surface area contributed by atoms with Crippen LogP contribution in [0.25, 0.3) is 0 Å². The maximum Gasteiger partial charge on any atom is 0.148 e. The highest BCUT2D eigenvalue weighted by molar-refractivity contribution is 5.58. The summed E-state index contributed by atoms with van der Waals surface area (Å²) in [6.07, 6.45) is 4.40. The predicted octanol–water partition coefficient (Wildman–Crippen LogP) is 0.571. The molecule has 0 amide bonds. The van der Waals surface area contributed by atoms with Crippen LogP contribution in [-0.4, -0.2) is 28.6 Å². The van der Waals surface area contributed by atoms with E-state index in [1.54, 1.807) is 23.5 Å². The van der Waals surface area contributed by atoms with Crippen molar-refractivity contribution in [1.29, 1.82) is 0 Å². The number of rotatable bonds is 1. The van der Waals surface area contributed by atoms with Crippen LogP contribution in [0.3, 0.4) is 0 Å². The lowest BCUT2D eigenvalue weighted by Crippen LogP contribution is -2.39. The van der Waals surface area contributed by atoms with E-state index in [2.05, 4.69) is 4.99 Å². The van der Waals surface area contributed by atoms with E-state index in [1.807, 2.05) is 13.8 Å². The second kappa shape index (κ2) is 2.84. The van der Waals surface area contributed by atoms with Gasteiger partial charge in [0.15, 0.2) is 0 Å². The Bertz CT molecular complexity index is 163. The third kappa shape index (κ3) is 1.36. The smallest absolute Gasteiger partial charge is 0.148 e. The molecule has 3 heteroatoms. The van der Waals surface area contributed by atoms with Crippen LogP contribution in [0.2, 0.25) is 0 Å². The van der Waals surface area contributed by atoms with Gasteiger partial charge in [-0.25, -0.2) is 4.99 Å². The first-order chi connectivity index (χ1) is 4.72. The quantitative estimate of drug-likeness (QED) is 0.578. The van der Waals surface area contributed by atoms with Gasteiger partial charge < -0.3 is 10.0 Å². The molecule has 0 saturated carbocycles. The molecule has 0 aliphatic carbocycles. The normalized spacial score (nSPS) is 24.4. The Morgan fingerprint density at radius 3 is 2.70 bits per heavy atom. The van der Waals surface area contributed by atoms with E-state index in [0.29, 0.717) is 6.04 Å². The Labute approximate surface area is 60.7 Å². The molecule has 1 rings (SSSR count). The number of aliphatic imine (C=N–C) groups is 1. The van der Waals surface area contributed by atoms with Crippen molar-refractivity contribution in [2.75, 3.05) is 0 Å². The SMILES string of the molecule is CC(C)N1C=NC=CC1O. The zero-order valence-corrected chi connectivity index (χ0v) is 6.23. The number of aliphatic hydroxyl groups is 1. The minimum atomic E-state index is -0.502.